The molecule has 1 fully saturated rings. The lowest BCUT2D eigenvalue weighted by molar-refractivity contribution is 0.0763. The van der Waals surface area contributed by atoms with Crippen molar-refractivity contribution in [1.29, 1.82) is 0 Å². The van der Waals surface area contributed by atoms with E-state index in [2.05, 4.69) is 20.8 Å². The van der Waals surface area contributed by atoms with E-state index in [9.17, 15) is 4.57 Å². The van der Waals surface area contributed by atoms with Crippen LogP contribution in [0, 0.1) is 11.3 Å². The predicted molar refractivity (Wildman–Crippen MR) is 62.8 cm³/mol. The summed E-state index contributed by atoms with van der Waals surface area (Å²) in [7, 11) is 2.76. The molecule has 0 aromatic rings. The van der Waals surface area contributed by atoms with Crippen molar-refractivity contribution >= 4 is 7.67 Å². The first-order chi connectivity index (χ1) is 6.68. The zero-order valence-corrected chi connectivity index (χ0v) is 11.5. The lowest BCUT2D eigenvalue weighted by Gasteiger charge is -2.43. The molecular weight excluding hydrogens is 211 g/mol. The van der Waals surface area contributed by atoms with Crippen LogP contribution >= 0.6 is 7.67 Å². The zero-order chi connectivity index (χ0) is 11.9. The standard InChI is InChI=1S/C10H23N2O2P/c1-10(2,3)9-7-12(6)15(13,11(4)5)14-8-9/h9H,7-8H2,1-6H3. The van der Waals surface area contributed by atoms with Gasteiger partial charge >= 0.3 is 7.67 Å². The molecule has 2 atom stereocenters. The van der Waals surface area contributed by atoms with Gasteiger partial charge in [-0.25, -0.2) is 9.34 Å². The predicted octanol–water partition coefficient (Wildman–Crippen LogP) is 2.28. The van der Waals surface area contributed by atoms with Crippen LogP contribution in [0.3, 0.4) is 0 Å². The molecular formula is C10H23N2O2P. The Labute approximate surface area is 93.1 Å². The zero-order valence-electron chi connectivity index (χ0n) is 10.6. The summed E-state index contributed by atoms with van der Waals surface area (Å²) in [6, 6.07) is 0. The minimum atomic E-state index is -2.72. The first-order valence-corrected chi connectivity index (χ1v) is 6.85. The highest BCUT2D eigenvalue weighted by Gasteiger charge is 2.41. The van der Waals surface area contributed by atoms with Crippen LogP contribution in [0.1, 0.15) is 20.8 Å². The Morgan fingerprint density at radius 3 is 2.27 bits per heavy atom. The van der Waals surface area contributed by atoms with Crippen LogP contribution in [0.15, 0.2) is 0 Å². The third-order valence-electron chi connectivity index (χ3n) is 3.09. The topological polar surface area (TPSA) is 32.8 Å². The third-order valence-corrected chi connectivity index (χ3v) is 5.61. The quantitative estimate of drug-likeness (QED) is 0.652. The van der Waals surface area contributed by atoms with Crippen LogP contribution in [-0.4, -0.2) is 43.6 Å². The maximum Gasteiger partial charge on any atom is 0.345 e. The Kier molecular flexibility index (Phi) is 3.66. The van der Waals surface area contributed by atoms with Crippen molar-refractivity contribution in [2.75, 3.05) is 34.3 Å². The van der Waals surface area contributed by atoms with Crippen molar-refractivity contribution in [3.05, 3.63) is 0 Å². The summed E-state index contributed by atoms with van der Waals surface area (Å²) in [5.41, 5.74) is 0.200. The summed E-state index contributed by atoms with van der Waals surface area (Å²) in [6.45, 7) is 8.00. The summed E-state index contributed by atoms with van der Waals surface area (Å²) in [5, 5.41) is 0. The second-order valence-corrected chi connectivity index (χ2v) is 8.26. The minimum absolute atomic E-state index is 0.200. The Bertz CT molecular complexity index is 273. The molecule has 1 aliphatic heterocycles. The molecule has 1 aliphatic rings. The van der Waals surface area contributed by atoms with Crippen LogP contribution in [0.4, 0.5) is 0 Å². The van der Waals surface area contributed by atoms with Gasteiger partial charge in [0.2, 0.25) is 0 Å². The lowest BCUT2D eigenvalue weighted by Crippen LogP contribution is -2.42. The smallest absolute Gasteiger partial charge is 0.306 e. The molecule has 0 bridgehead atoms. The van der Waals surface area contributed by atoms with Crippen molar-refractivity contribution < 1.29 is 9.09 Å². The second kappa shape index (κ2) is 4.17. The molecule has 0 radical (unpaired) electrons. The van der Waals surface area contributed by atoms with Crippen molar-refractivity contribution in [3.8, 4) is 0 Å². The number of hydrogen-bond acceptors (Lipinski definition) is 2. The first-order valence-electron chi connectivity index (χ1n) is 5.32. The van der Waals surface area contributed by atoms with E-state index in [0.717, 1.165) is 6.54 Å². The summed E-state index contributed by atoms with van der Waals surface area (Å²) in [4.78, 5) is 0. The molecule has 0 aromatic carbocycles. The van der Waals surface area contributed by atoms with Gasteiger partial charge in [0.05, 0.1) is 6.61 Å². The largest absolute Gasteiger partial charge is 0.345 e. The molecule has 1 heterocycles. The van der Waals surface area contributed by atoms with Crippen LogP contribution < -0.4 is 0 Å². The fourth-order valence-electron chi connectivity index (χ4n) is 1.71. The first kappa shape index (κ1) is 13.2. The number of hydrogen-bond donors (Lipinski definition) is 0. The summed E-state index contributed by atoms with van der Waals surface area (Å²) < 4.78 is 21.5. The van der Waals surface area contributed by atoms with E-state index in [4.69, 9.17) is 4.52 Å². The van der Waals surface area contributed by atoms with Gasteiger partial charge in [-0.3, -0.25) is 4.57 Å². The maximum atomic E-state index is 12.4. The van der Waals surface area contributed by atoms with E-state index in [1.54, 1.807) is 18.8 Å². The number of rotatable bonds is 1. The van der Waals surface area contributed by atoms with E-state index in [0.29, 0.717) is 12.5 Å². The van der Waals surface area contributed by atoms with E-state index >= 15 is 0 Å². The average Bonchev–Trinajstić information content (AvgIpc) is 2.07. The summed E-state index contributed by atoms with van der Waals surface area (Å²) in [5.74, 6) is 0.435. The van der Waals surface area contributed by atoms with Crippen LogP contribution in [0.5, 0.6) is 0 Å². The highest BCUT2D eigenvalue weighted by molar-refractivity contribution is 7.53. The molecule has 0 spiro atoms. The van der Waals surface area contributed by atoms with Crippen LogP contribution in [0.25, 0.3) is 0 Å². The van der Waals surface area contributed by atoms with Gasteiger partial charge in [-0.05, 0) is 26.6 Å². The van der Waals surface area contributed by atoms with Gasteiger partial charge in [-0.15, -0.1) is 0 Å². The van der Waals surface area contributed by atoms with Crippen molar-refractivity contribution in [1.82, 2.24) is 9.34 Å². The van der Waals surface area contributed by atoms with Crippen molar-refractivity contribution in [3.63, 3.8) is 0 Å². The minimum Gasteiger partial charge on any atom is -0.306 e. The highest BCUT2D eigenvalue weighted by Crippen LogP contribution is 2.55. The molecule has 15 heavy (non-hydrogen) atoms. The number of nitrogens with zero attached hydrogens (tertiary/aromatic N) is 2. The molecule has 90 valence electrons. The molecule has 1 rings (SSSR count). The molecule has 0 aliphatic carbocycles. The average molecular weight is 234 g/mol. The molecule has 0 N–H and O–H groups in total. The normalized spacial score (nSPS) is 34.7. The molecule has 2 unspecified atom stereocenters. The Balaban J connectivity index is 2.76. The SMILES string of the molecule is CN(C)P1(=O)OCC(C(C)(C)C)CN1C. The summed E-state index contributed by atoms with van der Waals surface area (Å²) >= 11 is 0. The molecule has 1 saturated heterocycles. The molecule has 0 saturated carbocycles. The third kappa shape index (κ3) is 2.62. The molecule has 4 nitrogen and oxygen atoms in total. The van der Waals surface area contributed by atoms with Crippen molar-refractivity contribution in [2.45, 2.75) is 20.8 Å². The van der Waals surface area contributed by atoms with Crippen molar-refractivity contribution in [2.24, 2.45) is 11.3 Å². The van der Waals surface area contributed by atoms with E-state index in [1.165, 1.54) is 0 Å². The lowest BCUT2D eigenvalue weighted by atomic mass is 9.81. The Morgan fingerprint density at radius 1 is 1.40 bits per heavy atom. The Morgan fingerprint density at radius 2 is 1.93 bits per heavy atom. The van der Waals surface area contributed by atoms with E-state index in [1.807, 2.05) is 11.7 Å². The molecule has 5 heteroatoms. The van der Waals surface area contributed by atoms with E-state index in [-0.39, 0.29) is 5.41 Å². The second-order valence-electron chi connectivity index (χ2n) is 5.54. The highest BCUT2D eigenvalue weighted by atomic mass is 31.2. The van der Waals surface area contributed by atoms with Gasteiger partial charge in [0.25, 0.3) is 0 Å². The van der Waals surface area contributed by atoms with Crippen LogP contribution in [-0.2, 0) is 9.09 Å². The monoisotopic (exact) mass is 234 g/mol. The fourth-order valence-corrected chi connectivity index (χ4v) is 3.52. The van der Waals surface area contributed by atoms with Gasteiger partial charge in [0.1, 0.15) is 0 Å². The van der Waals surface area contributed by atoms with E-state index < -0.39 is 7.67 Å². The maximum absolute atomic E-state index is 12.4. The van der Waals surface area contributed by atoms with Gasteiger partial charge in [-0.1, -0.05) is 20.8 Å². The fraction of sp³-hybridized carbons (Fsp3) is 1.00. The van der Waals surface area contributed by atoms with Gasteiger partial charge in [0.15, 0.2) is 0 Å². The Hall–Kier alpha value is 0.110. The van der Waals surface area contributed by atoms with Gasteiger partial charge < -0.3 is 4.52 Å². The van der Waals surface area contributed by atoms with Gasteiger partial charge in [0, 0.05) is 12.5 Å². The molecule has 0 amide bonds. The van der Waals surface area contributed by atoms with Gasteiger partial charge in [-0.2, -0.15) is 0 Å². The van der Waals surface area contributed by atoms with Crippen LogP contribution in [0.2, 0.25) is 0 Å². The molecule has 0 aromatic heterocycles. The summed E-state index contributed by atoms with van der Waals surface area (Å²) in [6.07, 6.45) is 0.